The van der Waals surface area contributed by atoms with Gasteiger partial charge in [0.2, 0.25) is 0 Å². The zero-order valence-corrected chi connectivity index (χ0v) is 10.2. The third kappa shape index (κ3) is 1.81. The Morgan fingerprint density at radius 3 is 2.56 bits per heavy atom. The lowest BCUT2D eigenvalue weighted by atomic mass is 10.0. The molecule has 2 aromatic rings. The highest BCUT2D eigenvalue weighted by Crippen LogP contribution is 2.26. The summed E-state index contributed by atoms with van der Waals surface area (Å²) < 4.78 is 0. The average Bonchev–Trinajstić information content (AvgIpc) is 2.19. The number of halogens is 1. The van der Waals surface area contributed by atoms with Crippen LogP contribution >= 0.6 is 11.6 Å². The van der Waals surface area contributed by atoms with Crippen LogP contribution in [0.15, 0.2) is 18.2 Å². The average molecular weight is 234 g/mol. The van der Waals surface area contributed by atoms with Gasteiger partial charge in [0.25, 0.3) is 0 Å². The number of aromatic nitrogens is 1. The van der Waals surface area contributed by atoms with Gasteiger partial charge in [-0.2, -0.15) is 0 Å². The van der Waals surface area contributed by atoms with Crippen LogP contribution in [0.4, 0.5) is 0 Å². The van der Waals surface area contributed by atoms with Gasteiger partial charge < -0.3 is 0 Å². The number of nitrogens with zero attached hydrogens (tertiary/aromatic N) is 1. The van der Waals surface area contributed by atoms with Crippen molar-refractivity contribution in [3.63, 3.8) is 0 Å². The van der Waals surface area contributed by atoms with Gasteiger partial charge in [0.1, 0.15) is 0 Å². The molecule has 3 heteroatoms. The van der Waals surface area contributed by atoms with Gasteiger partial charge in [-0.1, -0.05) is 11.6 Å². The molecule has 0 radical (unpaired) electrons. The number of benzene rings is 1. The monoisotopic (exact) mass is 233 g/mol. The first kappa shape index (κ1) is 11.1. The van der Waals surface area contributed by atoms with E-state index in [2.05, 4.69) is 4.98 Å². The molecule has 0 aliphatic rings. The van der Waals surface area contributed by atoms with Crippen molar-refractivity contribution in [2.75, 3.05) is 0 Å². The van der Waals surface area contributed by atoms with Gasteiger partial charge in [0, 0.05) is 16.6 Å². The van der Waals surface area contributed by atoms with E-state index in [9.17, 15) is 4.79 Å². The predicted molar refractivity (Wildman–Crippen MR) is 66.2 cm³/mol. The largest absolute Gasteiger partial charge is 0.295 e. The number of rotatable bonds is 1. The predicted octanol–water partition coefficient (Wildman–Crippen LogP) is 3.71. The second-order valence-corrected chi connectivity index (χ2v) is 4.40. The maximum atomic E-state index is 11.4. The van der Waals surface area contributed by atoms with Crippen LogP contribution < -0.4 is 0 Å². The number of Topliss-reactive ketones (excluding diaryl/α,β-unsaturated/α-hetero) is 1. The van der Waals surface area contributed by atoms with Crippen molar-refractivity contribution in [2.24, 2.45) is 0 Å². The van der Waals surface area contributed by atoms with Gasteiger partial charge in [-0.05, 0) is 44.5 Å². The highest BCUT2D eigenvalue weighted by Gasteiger charge is 2.08. The van der Waals surface area contributed by atoms with Gasteiger partial charge in [-0.15, -0.1) is 0 Å². The molecule has 0 aliphatic carbocycles. The number of fused-ring (bicyclic) bond motifs is 1. The fourth-order valence-corrected chi connectivity index (χ4v) is 2.09. The minimum Gasteiger partial charge on any atom is -0.295 e. The van der Waals surface area contributed by atoms with Crippen LogP contribution in [0.3, 0.4) is 0 Å². The van der Waals surface area contributed by atoms with Gasteiger partial charge >= 0.3 is 0 Å². The zero-order chi connectivity index (χ0) is 11.9. The molecule has 2 nitrogen and oxygen atoms in total. The Bertz CT molecular complexity index is 590. The van der Waals surface area contributed by atoms with Crippen LogP contribution in [0.1, 0.15) is 28.5 Å². The van der Waals surface area contributed by atoms with Crippen LogP contribution in [0, 0.1) is 13.8 Å². The van der Waals surface area contributed by atoms with E-state index in [0.717, 1.165) is 22.2 Å². The molecule has 0 atom stereocenters. The number of hydrogen-bond donors (Lipinski definition) is 0. The second kappa shape index (κ2) is 3.87. The van der Waals surface area contributed by atoms with E-state index in [1.165, 1.54) is 0 Å². The minimum atomic E-state index is 0.0432. The van der Waals surface area contributed by atoms with Crippen molar-refractivity contribution in [3.05, 3.63) is 40.0 Å². The normalized spacial score (nSPS) is 10.8. The number of carbonyl (C=O) groups is 1. The van der Waals surface area contributed by atoms with Crippen LogP contribution in [0.5, 0.6) is 0 Å². The van der Waals surface area contributed by atoms with Gasteiger partial charge in [0.15, 0.2) is 5.78 Å². The Morgan fingerprint density at radius 1 is 1.25 bits per heavy atom. The lowest BCUT2D eigenvalue weighted by Crippen LogP contribution is -1.96. The van der Waals surface area contributed by atoms with Gasteiger partial charge in [-0.25, -0.2) is 0 Å². The van der Waals surface area contributed by atoms with E-state index < -0.39 is 0 Å². The molecule has 2 rings (SSSR count). The van der Waals surface area contributed by atoms with Crippen molar-refractivity contribution in [1.29, 1.82) is 0 Å². The first-order valence-corrected chi connectivity index (χ1v) is 5.45. The van der Waals surface area contributed by atoms with Crippen LogP contribution in [-0.2, 0) is 0 Å². The van der Waals surface area contributed by atoms with E-state index in [-0.39, 0.29) is 5.78 Å². The van der Waals surface area contributed by atoms with Crippen molar-refractivity contribution < 1.29 is 4.79 Å². The maximum Gasteiger partial charge on any atom is 0.159 e. The summed E-state index contributed by atoms with van der Waals surface area (Å²) in [6.45, 7) is 5.40. The van der Waals surface area contributed by atoms with Crippen LogP contribution in [-0.4, -0.2) is 10.8 Å². The summed E-state index contributed by atoms with van der Waals surface area (Å²) in [4.78, 5) is 15.8. The summed E-state index contributed by atoms with van der Waals surface area (Å²) >= 11 is 6.16. The summed E-state index contributed by atoms with van der Waals surface area (Å²) in [7, 11) is 0. The van der Waals surface area contributed by atoms with Crippen LogP contribution in [0.25, 0.3) is 10.9 Å². The van der Waals surface area contributed by atoms with E-state index >= 15 is 0 Å². The highest BCUT2D eigenvalue weighted by molar-refractivity contribution is 6.35. The van der Waals surface area contributed by atoms with E-state index in [0.29, 0.717) is 10.6 Å². The molecule has 0 bridgehead atoms. The molecule has 0 spiro atoms. The third-order valence-corrected chi connectivity index (χ3v) is 2.90. The van der Waals surface area contributed by atoms with Crippen LogP contribution in [0.2, 0.25) is 5.02 Å². The van der Waals surface area contributed by atoms with E-state index in [4.69, 9.17) is 11.6 Å². The fourth-order valence-electron chi connectivity index (χ4n) is 1.78. The Kier molecular flexibility index (Phi) is 2.68. The molecule has 0 saturated carbocycles. The van der Waals surface area contributed by atoms with Crippen molar-refractivity contribution in [1.82, 2.24) is 4.98 Å². The molecule has 0 fully saturated rings. The van der Waals surface area contributed by atoms with Crippen molar-refractivity contribution >= 4 is 28.3 Å². The molecule has 82 valence electrons. The van der Waals surface area contributed by atoms with Crippen molar-refractivity contribution in [3.8, 4) is 0 Å². The molecular formula is C13H12ClNO. The summed E-state index contributed by atoms with van der Waals surface area (Å²) in [6, 6.07) is 5.47. The number of ketones is 1. The number of pyridine rings is 1. The van der Waals surface area contributed by atoms with E-state index in [1.54, 1.807) is 13.0 Å². The molecule has 16 heavy (non-hydrogen) atoms. The summed E-state index contributed by atoms with van der Waals surface area (Å²) in [6.07, 6.45) is 0. The van der Waals surface area contributed by atoms with E-state index in [1.807, 2.05) is 26.0 Å². The second-order valence-electron chi connectivity index (χ2n) is 3.99. The van der Waals surface area contributed by atoms with Crippen molar-refractivity contribution in [2.45, 2.75) is 20.8 Å². The number of carbonyl (C=O) groups excluding carboxylic acids is 1. The maximum absolute atomic E-state index is 11.4. The van der Waals surface area contributed by atoms with Gasteiger partial charge in [0.05, 0.1) is 10.5 Å². The molecule has 0 aliphatic heterocycles. The highest BCUT2D eigenvalue weighted by atomic mass is 35.5. The summed E-state index contributed by atoms with van der Waals surface area (Å²) in [5.74, 6) is 0.0432. The third-order valence-electron chi connectivity index (χ3n) is 2.59. The lowest BCUT2D eigenvalue weighted by Gasteiger charge is -2.07. The number of hydrogen-bond acceptors (Lipinski definition) is 2. The molecule has 1 aromatic carbocycles. The molecule has 1 heterocycles. The molecule has 0 amide bonds. The minimum absolute atomic E-state index is 0.0432. The molecule has 1 aromatic heterocycles. The summed E-state index contributed by atoms with van der Waals surface area (Å²) in [5.41, 5.74) is 3.41. The molecular weight excluding hydrogens is 222 g/mol. The molecule has 0 saturated heterocycles. The Balaban J connectivity index is 2.87. The Labute approximate surface area is 99.3 Å². The standard InChI is InChI=1S/C13H12ClNO/c1-7-4-10(9(3)16)6-11-12(14)5-8(2)15-13(7)11/h4-6H,1-3H3. The van der Waals surface area contributed by atoms with Gasteiger partial charge in [-0.3, -0.25) is 9.78 Å². The first-order chi connectivity index (χ1) is 7.49. The topological polar surface area (TPSA) is 30.0 Å². The fraction of sp³-hybridized carbons (Fsp3) is 0.231. The summed E-state index contributed by atoms with van der Waals surface area (Å²) in [5, 5.41) is 1.49. The zero-order valence-electron chi connectivity index (χ0n) is 9.47. The number of aryl methyl sites for hydroxylation is 2. The first-order valence-electron chi connectivity index (χ1n) is 5.07. The SMILES string of the molecule is CC(=O)c1cc(C)c2nc(C)cc(Cl)c2c1. The molecule has 0 N–H and O–H groups in total. The Morgan fingerprint density at radius 2 is 1.94 bits per heavy atom. The quantitative estimate of drug-likeness (QED) is 0.703. The molecule has 0 unspecified atom stereocenters. The Hall–Kier alpha value is -1.41. The lowest BCUT2D eigenvalue weighted by molar-refractivity contribution is 0.101. The smallest absolute Gasteiger partial charge is 0.159 e.